The molecule has 94 valence electrons. The van der Waals surface area contributed by atoms with E-state index in [0.29, 0.717) is 5.82 Å². The highest BCUT2D eigenvalue weighted by Crippen LogP contribution is 2.48. The SMILES string of the molecule is N#CC1(c2cccc(Nc3ccnc(Cl)n3)c2)CC1. The summed E-state index contributed by atoms with van der Waals surface area (Å²) in [5.74, 6) is 0.638. The molecule has 0 saturated heterocycles. The Kier molecular flexibility index (Phi) is 2.84. The predicted molar refractivity (Wildman–Crippen MR) is 73.3 cm³/mol. The Labute approximate surface area is 116 Å². The highest BCUT2D eigenvalue weighted by molar-refractivity contribution is 6.28. The molecule has 0 spiro atoms. The Bertz CT molecular complexity index is 658. The normalized spacial score (nSPS) is 15.6. The molecule has 1 heterocycles. The summed E-state index contributed by atoms with van der Waals surface area (Å²) in [5.41, 5.74) is 1.68. The summed E-state index contributed by atoms with van der Waals surface area (Å²) in [4.78, 5) is 7.91. The molecule has 1 N–H and O–H groups in total. The van der Waals surface area contributed by atoms with Crippen molar-refractivity contribution in [2.45, 2.75) is 18.3 Å². The van der Waals surface area contributed by atoms with Gasteiger partial charge in [0.05, 0.1) is 11.5 Å². The van der Waals surface area contributed by atoms with Crippen LogP contribution in [0.2, 0.25) is 5.28 Å². The topological polar surface area (TPSA) is 61.6 Å². The van der Waals surface area contributed by atoms with Crippen molar-refractivity contribution in [3.8, 4) is 6.07 Å². The lowest BCUT2D eigenvalue weighted by Gasteiger charge is -2.10. The molecule has 19 heavy (non-hydrogen) atoms. The van der Waals surface area contributed by atoms with Crippen LogP contribution in [0, 0.1) is 11.3 Å². The fourth-order valence-electron chi connectivity index (χ4n) is 2.04. The third-order valence-electron chi connectivity index (χ3n) is 3.28. The first-order chi connectivity index (χ1) is 9.22. The molecular formula is C14H11ClN4. The summed E-state index contributed by atoms with van der Waals surface area (Å²) >= 11 is 5.74. The zero-order valence-electron chi connectivity index (χ0n) is 10.1. The van der Waals surface area contributed by atoms with E-state index in [-0.39, 0.29) is 10.7 Å². The van der Waals surface area contributed by atoms with E-state index in [2.05, 4.69) is 21.4 Å². The summed E-state index contributed by atoms with van der Waals surface area (Å²) in [6.07, 6.45) is 3.47. The van der Waals surface area contributed by atoms with Crippen molar-refractivity contribution in [1.29, 1.82) is 5.26 Å². The molecule has 0 atom stereocenters. The van der Waals surface area contributed by atoms with Crippen LogP contribution in [0.15, 0.2) is 36.5 Å². The summed E-state index contributed by atoms with van der Waals surface area (Å²) in [6.45, 7) is 0. The van der Waals surface area contributed by atoms with Gasteiger partial charge in [0.1, 0.15) is 5.82 Å². The van der Waals surface area contributed by atoms with Gasteiger partial charge in [-0.05, 0) is 48.2 Å². The van der Waals surface area contributed by atoms with Crippen LogP contribution in [0.3, 0.4) is 0 Å². The molecule has 0 bridgehead atoms. The summed E-state index contributed by atoms with van der Waals surface area (Å²) in [5, 5.41) is 12.6. The lowest BCUT2D eigenvalue weighted by molar-refractivity contribution is 0.909. The van der Waals surface area contributed by atoms with Crippen molar-refractivity contribution >= 4 is 23.1 Å². The number of rotatable bonds is 3. The Balaban J connectivity index is 1.87. The second-order valence-electron chi connectivity index (χ2n) is 4.61. The Morgan fingerprint density at radius 3 is 2.84 bits per heavy atom. The minimum atomic E-state index is -0.277. The van der Waals surface area contributed by atoms with Gasteiger partial charge < -0.3 is 5.32 Å². The molecule has 5 heteroatoms. The largest absolute Gasteiger partial charge is 0.340 e. The van der Waals surface area contributed by atoms with Crippen LogP contribution in [0.25, 0.3) is 0 Å². The van der Waals surface area contributed by atoms with Crippen LogP contribution in [0.1, 0.15) is 18.4 Å². The molecule has 1 aromatic carbocycles. The lowest BCUT2D eigenvalue weighted by Crippen LogP contribution is -2.03. The number of nitriles is 1. The van der Waals surface area contributed by atoms with E-state index < -0.39 is 0 Å². The molecule has 2 aromatic rings. The first-order valence-electron chi connectivity index (χ1n) is 5.99. The van der Waals surface area contributed by atoms with Crippen molar-refractivity contribution in [1.82, 2.24) is 9.97 Å². The Morgan fingerprint density at radius 2 is 2.16 bits per heavy atom. The van der Waals surface area contributed by atoms with Gasteiger partial charge in [-0.25, -0.2) is 9.97 Å². The zero-order chi connectivity index (χ0) is 13.3. The molecule has 1 aliphatic rings. The van der Waals surface area contributed by atoms with Gasteiger partial charge in [0.25, 0.3) is 0 Å². The van der Waals surface area contributed by atoms with E-state index in [1.54, 1.807) is 12.3 Å². The molecule has 0 unspecified atom stereocenters. The Hall–Kier alpha value is -2.12. The quantitative estimate of drug-likeness (QED) is 0.868. The third kappa shape index (κ3) is 2.38. The van der Waals surface area contributed by atoms with E-state index in [1.807, 2.05) is 24.3 Å². The number of aromatic nitrogens is 2. The molecule has 4 nitrogen and oxygen atoms in total. The fraction of sp³-hybridized carbons (Fsp3) is 0.214. The third-order valence-corrected chi connectivity index (χ3v) is 3.46. The van der Waals surface area contributed by atoms with E-state index in [4.69, 9.17) is 11.6 Å². The maximum atomic E-state index is 9.22. The summed E-state index contributed by atoms with van der Waals surface area (Å²) < 4.78 is 0. The Morgan fingerprint density at radius 1 is 1.32 bits per heavy atom. The van der Waals surface area contributed by atoms with Gasteiger partial charge in [-0.2, -0.15) is 5.26 Å². The maximum absolute atomic E-state index is 9.22. The number of nitrogens with zero attached hydrogens (tertiary/aromatic N) is 3. The van der Waals surface area contributed by atoms with Crippen molar-refractivity contribution in [2.75, 3.05) is 5.32 Å². The molecule has 1 aromatic heterocycles. The van der Waals surface area contributed by atoms with E-state index >= 15 is 0 Å². The van der Waals surface area contributed by atoms with Crippen LogP contribution in [-0.2, 0) is 5.41 Å². The standard InChI is InChI=1S/C14H11ClN4/c15-13-17-7-4-12(19-13)18-11-3-1-2-10(8-11)14(9-16)5-6-14/h1-4,7-8H,5-6H2,(H,17,18,19). The highest BCUT2D eigenvalue weighted by atomic mass is 35.5. The lowest BCUT2D eigenvalue weighted by atomic mass is 9.97. The highest BCUT2D eigenvalue weighted by Gasteiger charge is 2.44. The minimum Gasteiger partial charge on any atom is -0.340 e. The summed E-state index contributed by atoms with van der Waals surface area (Å²) in [7, 11) is 0. The number of anilines is 2. The first kappa shape index (κ1) is 11.9. The second kappa shape index (κ2) is 4.52. The molecule has 0 amide bonds. The van der Waals surface area contributed by atoms with Gasteiger partial charge in [-0.3, -0.25) is 0 Å². The van der Waals surface area contributed by atoms with Crippen molar-refractivity contribution in [3.63, 3.8) is 0 Å². The van der Waals surface area contributed by atoms with Gasteiger partial charge in [0.2, 0.25) is 5.28 Å². The summed E-state index contributed by atoms with van der Waals surface area (Å²) in [6, 6.07) is 12.0. The smallest absolute Gasteiger partial charge is 0.224 e. The maximum Gasteiger partial charge on any atom is 0.224 e. The van der Waals surface area contributed by atoms with Crippen LogP contribution in [0.4, 0.5) is 11.5 Å². The fourth-order valence-corrected chi connectivity index (χ4v) is 2.18. The van der Waals surface area contributed by atoms with Gasteiger partial charge in [0.15, 0.2) is 0 Å². The van der Waals surface area contributed by atoms with Crippen LogP contribution in [-0.4, -0.2) is 9.97 Å². The molecular weight excluding hydrogens is 260 g/mol. The average Bonchev–Trinajstić information content (AvgIpc) is 3.20. The molecule has 0 radical (unpaired) electrons. The van der Waals surface area contributed by atoms with Gasteiger partial charge in [0, 0.05) is 11.9 Å². The second-order valence-corrected chi connectivity index (χ2v) is 4.95. The number of benzene rings is 1. The number of hydrogen-bond donors (Lipinski definition) is 1. The minimum absolute atomic E-state index is 0.205. The monoisotopic (exact) mass is 270 g/mol. The van der Waals surface area contributed by atoms with Gasteiger partial charge in [-0.15, -0.1) is 0 Å². The zero-order valence-corrected chi connectivity index (χ0v) is 10.9. The predicted octanol–water partition coefficient (Wildman–Crippen LogP) is 3.43. The van der Waals surface area contributed by atoms with Gasteiger partial charge in [-0.1, -0.05) is 12.1 Å². The number of nitrogens with one attached hydrogen (secondary N) is 1. The van der Waals surface area contributed by atoms with E-state index in [1.165, 1.54) is 0 Å². The van der Waals surface area contributed by atoms with E-state index in [0.717, 1.165) is 24.1 Å². The average molecular weight is 271 g/mol. The van der Waals surface area contributed by atoms with Crippen LogP contribution in [0.5, 0.6) is 0 Å². The molecule has 1 saturated carbocycles. The first-order valence-corrected chi connectivity index (χ1v) is 6.37. The van der Waals surface area contributed by atoms with Crippen molar-refractivity contribution in [3.05, 3.63) is 47.4 Å². The van der Waals surface area contributed by atoms with Crippen LogP contribution >= 0.6 is 11.6 Å². The molecule has 3 rings (SSSR count). The van der Waals surface area contributed by atoms with E-state index in [9.17, 15) is 5.26 Å². The number of hydrogen-bond acceptors (Lipinski definition) is 4. The van der Waals surface area contributed by atoms with Crippen molar-refractivity contribution in [2.24, 2.45) is 0 Å². The number of halogens is 1. The van der Waals surface area contributed by atoms with Gasteiger partial charge >= 0.3 is 0 Å². The molecule has 1 fully saturated rings. The van der Waals surface area contributed by atoms with Crippen LogP contribution < -0.4 is 5.32 Å². The van der Waals surface area contributed by atoms with Crippen molar-refractivity contribution < 1.29 is 0 Å². The molecule has 0 aliphatic heterocycles. The molecule has 1 aliphatic carbocycles.